The summed E-state index contributed by atoms with van der Waals surface area (Å²) in [7, 11) is 0. The van der Waals surface area contributed by atoms with Gasteiger partial charge in [0, 0.05) is 20.6 Å². The predicted octanol–water partition coefficient (Wildman–Crippen LogP) is 7.18. The highest BCUT2D eigenvalue weighted by Gasteiger charge is 2.18. The van der Waals surface area contributed by atoms with Crippen molar-refractivity contribution in [2.45, 2.75) is 6.92 Å². The van der Waals surface area contributed by atoms with Gasteiger partial charge in [-0.05, 0) is 35.6 Å². The molecule has 0 unspecified atom stereocenters. The number of allylic oxidation sites excluding steroid dienone is 1. The van der Waals surface area contributed by atoms with Crippen LogP contribution < -0.4 is 0 Å². The van der Waals surface area contributed by atoms with Gasteiger partial charge in [0.1, 0.15) is 11.2 Å². The van der Waals surface area contributed by atoms with Crippen molar-refractivity contribution in [1.29, 1.82) is 0 Å². The number of halogens is 1. The van der Waals surface area contributed by atoms with Gasteiger partial charge in [0.2, 0.25) is 0 Å². The van der Waals surface area contributed by atoms with Gasteiger partial charge >= 0.3 is 0 Å². The van der Waals surface area contributed by atoms with E-state index >= 15 is 0 Å². The number of rotatable bonds is 2. The zero-order chi connectivity index (χ0) is 16.0. The van der Waals surface area contributed by atoms with Gasteiger partial charge in [-0.3, -0.25) is 0 Å². The minimum atomic E-state index is 0.895. The highest BCUT2D eigenvalue weighted by Crippen LogP contribution is 2.42. The summed E-state index contributed by atoms with van der Waals surface area (Å²) in [6, 6.07) is 14.4. The maximum absolute atomic E-state index is 6.23. The van der Waals surface area contributed by atoms with Gasteiger partial charge in [0.25, 0.3) is 0 Å². The van der Waals surface area contributed by atoms with E-state index in [0.29, 0.717) is 0 Å². The lowest BCUT2D eigenvalue weighted by Gasteiger charge is -2.09. The molecule has 0 saturated carbocycles. The van der Waals surface area contributed by atoms with Crippen molar-refractivity contribution >= 4 is 60.8 Å². The van der Waals surface area contributed by atoms with E-state index in [2.05, 4.69) is 58.9 Å². The Balaban J connectivity index is 2.42. The first-order valence-electron chi connectivity index (χ1n) is 7.56. The molecule has 1 heterocycles. The van der Waals surface area contributed by atoms with Crippen molar-refractivity contribution in [3.8, 4) is 0 Å². The molecule has 0 bridgehead atoms. The third-order valence-electron chi connectivity index (χ3n) is 4.22. The summed E-state index contributed by atoms with van der Waals surface area (Å²) in [5, 5.41) is 4.54. The second kappa shape index (κ2) is 5.39. The van der Waals surface area contributed by atoms with Crippen LogP contribution >= 0.6 is 15.9 Å². The highest BCUT2D eigenvalue weighted by molar-refractivity contribution is 9.10. The molecule has 0 radical (unpaired) electrons. The lowest BCUT2D eigenvalue weighted by molar-refractivity contribution is 0.672. The monoisotopic (exact) mass is 362 g/mol. The van der Waals surface area contributed by atoms with Crippen LogP contribution in [0.5, 0.6) is 0 Å². The van der Waals surface area contributed by atoms with Crippen LogP contribution in [0.4, 0.5) is 0 Å². The summed E-state index contributed by atoms with van der Waals surface area (Å²) in [5.74, 6) is 0. The van der Waals surface area contributed by atoms with Gasteiger partial charge in [0.15, 0.2) is 0 Å². The highest BCUT2D eigenvalue weighted by atomic mass is 79.9. The van der Waals surface area contributed by atoms with Crippen LogP contribution in [-0.2, 0) is 0 Å². The molecule has 0 N–H and O–H groups in total. The molecule has 112 valence electrons. The normalized spacial score (nSPS) is 11.9. The van der Waals surface area contributed by atoms with Gasteiger partial charge in [-0.15, -0.1) is 0 Å². The number of hydrogen-bond donors (Lipinski definition) is 0. The molecule has 0 aliphatic heterocycles. The Kier molecular flexibility index (Phi) is 3.35. The first kappa shape index (κ1) is 14.3. The second-order valence-electron chi connectivity index (χ2n) is 5.50. The van der Waals surface area contributed by atoms with Crippen LogP contribution in [0.1, 0.15) is 18.1 Å². The van der Waals surface area contributed by atoms with Crippen molar-refractivity contribution in [3.63, 3.8) is 0 Å². The number of fused-ring (bicyclic) bond motifs is 5. The summed E-state index contributed by atoms with van der Waals surface area (Å²) in [6.07, 6.45) is 6.14. The van der Waals surface area contributed by atoms with Crippen molar-refractivity contribution in [3.05, 3.63) is 70.7 Å². The van der Waals surface area contributed by atoms with E-state index in [1.165, 1.54) is 5.39 Å². The maximum atomic E-state index is 6.23. The van der Waals surface area contributed by atoms with Crippen LogP contribution in [0, 0.1) is 0 Å². The van der Waals surface area contributed by atoms with Gasteiger partial charge in [-0.25, -0.2) is 0 Å². The fourth-order valence-electron chi connectivity index (χ4n) is 3.31. The summed E-state index contributed by atoms with van der Waals surface area (Å²) >= 11 is 3.68. The van der Waals surface area contributed by atoms with Crippen molar-refractivity contribution in [2.75, 3.05) is 0 Å². The predicted molar refractivity (Wildman–Crippen MR) is 104 cm³/mol. The molecule has 0 saturated heterocycles. The topological polar surface area (TPSA) is 13.1 Å². The minimum Gasteiger partial charge on any atom is -0.455 e. The van der Waals surface area contributed by atoms with Gasteiger partial charge in [0.05, 0.1) is 0 Å². The molecule has 1 aromatic heterocycles. The van der Waals surface area contributed by atoms with E-state index in [1.54, 1.807) is 0 Å². The van der Waals surface area contributed by atoms with E-state index in [9.17, 15) is 0 Å². The first-order valence-corrected chi connectivity index (χ1v) is 8.36. The van der Waals surface area contributed by atoms with E-state index in [4.69, 9.17) is 4.42 Å². The fourth-order valence-corrected chi connectivity index (χ4v) is 3.85. The Bertz CT molecular complexity index is 1100. The minimum absolute atomic E-state index is 0.895. The Morgan fingerprint density at radius 2 is 1.74 bits per heavy atom. The van der Waals surface area contributed by atoms with Crippen LogP contribution in [0.2, 0.25) is 0 Å². The van der Waals surface area contributed by atoms with Gasteiger partial charge < -0.3 is 4.42 Å². The largest absolute Gasteiger partial charge is 0.455 e. The van der Waals surface area contributed by atoms with Crippen molar-refractivity contribution in [1.82, 2.24) is 0 Å². The smallest absolute Gasteiger partial charge is 0.143 e. The summed E-state index contributed by atoms with van der Waals surface area (Å²) in [5.41, 5.74) is 4.12. The zero-order valence-electron chi connectivity index (χ0n) is 12.8. The molecule has 0 atom stereocenters. The average Bonchev–Trinajstić information content (AvgIpc) is 2.96. The molecule has 1 nitrogen and oxygen atoms in total. The molecule has 3 aromatic carbocycles. The summed E-state index contributed by atoms with van der Waals surface area (Å²) < 4.78 is 7.28. The van der Waals surface area contributed by atoms with Crippen LogP contribution in [-0.4, -0.2) is 0 Å². The fraction of sp³-hybridized carbons (Fsp3) is 0.0476. The van der Waals surface area contributed by atoms with E-state index in [-0.39, 0.29) is 0 Å². The van der Waals surface area contributed by atoms with E-state index in [1.807, 2.05) is 31.2 Å². The Labute approximate surface area is 143 Å². The summed E-state index contributed by atoms with van der Waals surface area (Å²) in [6.45, 7) is 6.07. The molecular weight excluding hydrogens is 348 g/mol. The third-order valence-corrected chi connectivity index (χ3v) is 4.88. The molecule has 0 aliphatic rings. The molecule has 4 rings (SSSR count). The van der Waals surface area contributed by atoms with Gasteiger partial charge in [-0.2, -0.15) is 0 Å². The average molecular weight is 363 g/mol. The van der Waals surface area contributed by atoms with E-state index < -0.39 is 0 Å². The molecule has 23 heavy (non-hydrogen) atoms. The Morgan fingerprint density at radius 3 is 2.48 bits per heavy atom. The van der Waals surface area contributed by atoms with Crippen LogP contribution in [0.3, 0.4) is 0 Å². The molecule has 0 fully saturated rings. The molecule has 0 spiro atoms. The standard InChI is InChI=1S/C21H15BrO/c1-3-8-15-13(4-2)14-9-5-6-10-16(14)21-19(15)20-17(22)11-7-12-18(20)23-21/h3-12H,2H2,1H3/b8-3-. The quantitative estimate of drug-likeness (QED) is 0.368. The number of benzene rings is 3. The second-order valence-corrected chi connectivity index (χ2v) is 6.35. The number of furan rings is 1. The Morgan fingerprint density at radius 1 is 0.957 bits per heavy atom. The van der Waals surface area contributed by atoms with Crippen LogP contribution in [0.25, 0.3) is 44.9 Å². The molecule has 0 amide bonds. The lowest BCUT2D eigenvalue weighted by atomic mass is 9.93. The van der Waals surface area contributed by atoms with Crippen molar-refractivity contribution in [2.24, 2.45) is 0 Å². The zero-order valence-corrected chi connectivity index (χ0v) is 14.4. The SMILES string of the molecule is C=Cc1c(/C=C\C)c2c(oc3cccc(Br)c32)c2ccccc12. The third kappa shape index (κ3) is 1.98. The molecule has 4 aromatic rings. The lowest BCUT2D eigenvalue weighted by Crippen LogP contribution is -1.87. The van der Waals surface area contributed by atoms with E-state index in [0.717, 1.165) is 42.9 Å². The van der Waals surface area contributed by atoms with Gasteiger partial charge in [-0.1, -0.05) is 71.1 Å². The van der Waals surface area contributed by atoms with Crippen molar-refractivity contribution < 1.29 is 4.42 Å². The Hall–Kier alpha value is -2.32. The van der Waals surface area contributed by atoms with Crippen LogP contribution in [0.15, 0.2) is 64.0 Å². The maximum Gasteiger partial charge on any atom is 0.143 e. The molecular formula is C21H15BrO. The first-order chi connectivity index (χ1) is 11.3. The number of hydrogen-bond acceptors (Lipinski definition) is 1. The molecule has 2 heteroatoms. The molecule has 0 aliphatic carbocycles. The summed E-state index contributed by atoms with van der Waals surface area (Å²) in [4.78, 5) is 0.